The first kappa shape index (κ1) is 25.4. The van der Waals surface area contributed by atoms with Gasteiger partial charge in [-0.2, -0.15) is 0 Å². The SMILES string of the molecule is C[C@H]1CSc2ccc3cc(Br)ccc3c2/C1=C1/c2ccccc2Sc2cc(O)ccc21.ClC(Cl)Cl. The van der Waals surface area contributed by atoms with Gasteiger partial charge >= 0.3 is 0 Å². The number of hydrogen-bond acceptors (Lipinski definition) is 3. The summed E-state index contributed by atoms with van der Waals surface area (Å²) in [5.41, 5.74) is 6.61. The number of halogens is 4. The molecule has 0 fully saturated rings. The van der Waals surface area contributed by atoms with Gasteiger partial charge in [0, 0.05) is 24.9 Å². The summed E-state index contributed by atoms with van der Waals surface area (Å²) in [4.78, 5) is 3.72. The predicted molar refractivity (Wildman–Crippen MR) is 157 cm³/mol. The Hall–Kier alpha value is -1.27. The van der Waals surface area contributed by atoms with E-state index in [0.29, 0.717) is 11.7 Å². The summed E-state index contributed by atoms with van der Waals surface area (Å²) in [5.74, 6) is 1.80. The Labute approximate surface area is 237 Å². The molecule has 7 heteroatoms. The van der Waals surface area contributed by atoms with Crippen LogP contribution >= 0.6 is 74.3 Å². The zero-order valence-corrected chi connectivity index (χ0v) is 24.1. The van der Waals surface area contributed by atoms with Gasteiger partial charge in [-0.15, -0.1) is 11.8 Å². The van der Waals surface area contributed by atoms with Crippen molar-refractivity contribution in [2.75, 3.05) is 5.75 Å². The maximum atomic E-state index is 10.2. The molecule has 6 rings (SSSR count). The molecule has 4 aromatic rings. The molecule has 1 N–H and O–H groups in total. The van der Waals surface area contributed by atoms with Crippen LogP contribution in [0.4, 0.5) is 0 Å². The molecule has 0 amide bonds. The average molecular weight is 623 g/mol. The number of phenols is 1. The molecular weight excluding hydrogens is 603 g/mol. The van der Waals surface area contributed by atoms with Crippen LogP contribution in [0.5, 0.6) is 5.75 Å². The van der Waals surface area contributed by atoms with E-state index < -0.39 is 4.30 Å². The summed E-state index contributed by atoms with van der Waals surface area (Å²) in [6, 6.07) is 25.6. The summed E-state index contributed by atoms with van der Waals surface area (Å²) < 4.78 is 0.353. The molecule has 178 valence electrons. The molecule has 35 heavy (non-hydrogen) atoms. The highest BCUT2D eigenvalue weighted by atomic mass is 79.9. The van der Waals surface area contributed by atoms with E-state index >= 15 is 0 Å². The number of allylic oxidation sites excluding steroid dienone is 1. The van der Waals surface area contributed by atoms with Crippen molar-refractivity contribution in [2.45, 2.75) is 25.9 Å². The Balaban J connectivity index is 0.000000591. The van der Waals surface area contributed by atoms with Crippen molar-refractivity contribution in [3.05, 3.63) is 94.0 Å². The lowest BCUT2D eigenvalue weighted by molar-refractivity contribution is 0.473. The molecule has 0 bridgehead atoms. The minimum absolute atomic E-state index is 0.318. The number of benzene rings is 4. The average Bonchev–Trinajstić information content (AvgIpc) is 2.82. The predicted octanol–water partition coefficient (Wildman–Crippen LogP) is 10.5. The quantitative estimate of drug-likeness (QED) is 0.174. The largest absolute Gasteiger partial charge is 0.508 e. The molecule has 2 aliphatic rings. The van der Waals surface area contributed by atoms with Crippen molar-refractivity contribution in [2.24, 2.45) is 5.92 Å². The molecule has 1 atom stereocenters. The van der Waals surface area contributed by atoms with Crippen LogP contribution in [0.3, 0.4) is 0 Å². The fourth-order valence-electron chi connectivity index (χ4n) is 4.71. The normalized spacial score (nSPS) is 18.4. The van der Waals surface area contributed by atoms with Gasteiger partial charge in [0.05, 0.1) is 0 Å². The van der Waals surface area contributed by atoms with Crippen molar-refractivity contribution < 1.29 is 5.11 Å². The Morgan fingerprint density at radius 2 is 1.63 bits per heavy atom. The van der Waals surface area contributed by atoms with Gasteiger partial charge in [-0.3, -0.25) is 0 Å². The van der Waals surface area contributed by atoms with Crippen LogP contribution in [-0.4, -0.2) is 15.2 Å². The van der Waals surface area contributed by atoms with Gasteiger partial charge in [0.25, 0.3) is 0 Å². The van der Waals surface area contributed by atoms with Gasteiger partial charge in [0.15, 0.2) is 4.30 Å². The monoisotopic (exact) mass is 620 g/mol. The van der Waals surface area contributed by atoms with Gasteiger partial charge in [0.2, 0.25) is 0 Å². The first-order chi connectivity index (χ1) is 16.8. The second-order valence-corrected chi connectivity index (χ2v) is 13.4. The lowest BCUT2D eigenvalue weighted by Crippen LogP contribution is -2.13. The van der Waals surface area contributed by atoms with Crippen molar-refractivity contribution in [1.82, 2.24) is 0 Å². The van der Waals surface area contributed by atoms with Crippen molar-refractivity contribution >= 4 is 96.2 Å². The zero-order valence-electron chi connectivity index (χ0n) is 18.6. The molecule has 0 saturated carbocycles. The van der Waals surface area contributed by atoms with Gasteiger partial charge in [0.1, 0.15) is 5.75 Å². The molecule has 0 spiro atoms. The summed E-state index contributed by atoms with van der Waals surface area (Å²) in [6.45, 7) is 2.35. The molecule has 0 radical (unpaired) electrons. The van der Waals surface area contributed by atoms with Crippen LogP contribution in [-0.2, 0) is 0 Å². The number of hydrogen-bond donors (Lipinski definition) is 1. The van der Waals surface area contributed by atoms with Crippen LogP contribution in [0, 0.1) is 5.92 Å². The maximum Gasteiger partial charge on any atom is 0.180 e. The molecule has 0 unspecified atom stereocenters. The highest BCUT2D eigenvalue weighted by Crippen LogP contribution is 2.54. The Morgan fingerprint density at radius 3 is 2.43 bits per heavy atom. The fourth-order valence-corrected chi connectivity index (χ4v) is 7.34. The molecular formula is C28H20BrCl3OS2. The van der Waals surface area contributed by atoms with E-state index in [1.807, 2.05) is 23.9 Å². The third kappa shape index (κ3) is 5.12. The van der Waals surface area contributed by atoms with Gasteiger partial charge < -0.3 is 5.11 Å². The Kier molecular flexibility index (Phi) is 7.69. The van der Waals surface area contributed by atoms with E-state index in [-0.39, 0.29) is 0 Å². The Morgan fingerprint density at radius 1 is 0.886 bits per heavy atom. The van der Waals surface area contributed by atoms with E-state index in [1.54, 1.807) is 11.8 Å². The van der Waals surface area contributed by atoms with Crippen LogP contribution in [0.25, 0.3) is 21.9 Å². The fraction of sp³-hybridized carbons (Fsp3) is 0.143. The smallest absolute Gasteiger partial charge is 0.180 e. The minimum Gasteiger partial charge on any atom is -0.508 e. The number of rotatable bonds is 0. The molecule has 2 heterocycles. The van der Waals surface area contributed by atoms with Gasteiger partial charge in [-0.1, -0.05) is 99.8 Å². The van der Waals surface area contributed by atoms with Crippen molar-refractivity contribution in [1.29, 1.82) is 0 Å². The van der Waals surface area contributed by atoms with E-state index in [0.717, 1.165) is 15.1 Å². The molecule has 0 aromatic heterocycles. The third-order valence-corrected chi connectivity index (χ3v) is 9.02. The standard InChI is InChI=1S/C27H19BrOS2.CHCl3/c1-15-14-30-23-11-6-16-12-17(28)7-9-19(16)27(23)25(15)26-20-4-2-3-5-22(20)31-24-13-18(29)8-10-21(24)26;2-1(3)4/h2-13,15,29H,14H2,1H3;1H/b26-25-;/t15-;/m0./s1. The van der Waals surface area contributed by atoms with E-state index in [2.05, 4.69) is 83.5 Å². The van der Waals surface area contributed by atoms with Gasteiger partial charge in [-0.25, -0.2) is 0 Å². The number of alkyl halides is 3. The van der Waals surface area contributed by atoms with Crippen LogP contribution in [0.2, 0.25) is 0 Å². The molecule has 0 aliphatic carbocycles. The molecule has 4 aromatic carbocycles. The summed E-state index contributed by atoms with van der Waals surface area (Å²) in [5, 5.41) is 12.7. The molecule has 0 saturated heterocycles. The second-order valence-electron chi connectivity index (χ2n) is 8.33. The van der Waals surface area contributed by atoms with E-state index in [4.69, 9.17) is 34.8 Å². The lowest BCUT2D eigenvalue weighted by Gasteiger charge is -2.32. The van der Waals surface area contributed by atoms with E-state index in [1.165, 1.54) is 48.4 Å². The van der Waals surface area contributed by atoms with Crippen molar-refractivity contribution in [3.63, 3.8) is 0 Å². The summed E-state index contributed by atoms with van der Waals surface area (Å²) in [6.07, 6.45) is 0. The number of fused-ring (bicyclic) bond motifs is 5. The Bertz CT molecular complexity index is 1470. The highest BCUT2D eigenvalue weighted by molar-refractivity contribution is 9.10. The van der Waals surface area contributed by atoms with Crippen LogP contribution in [0.1, 0.15) is 23.6 Å². The topological polar surface area (TPSA) is 20.2 Å². The highest BCUT2D eigenvalue weighted by Gasteiger charge is 2.31. The number of aromatic hydroxyl groups is 1. The summed E-state index contributed by atoms with van der Waals surface area (Å²) >= 11 is 21.8. The van der Waals surface area contributed by atoms with Crippen molar-refractivity contribution in [3.8, 4) is 5.75 Å². The van der Waals surface area contributed by atoms with E-state index in [9.17, 15) is 5.11 Å². The zero-order chi connectivity index (χ0) is 24.7. The first-order valence-corrected chi connectivity index (χ1v) is 14.9. The van der Waals surface area contributed by atoms with Crippen LogP contribution < -0.4 is 0 Å². The van der Waals surface area contributed by atoms with Gasteiger partial charge in [-0.05, 0) is 87.0 Å². The minimum atomic E-state index is -0.750. The maximum absolute atomic E-state index is 10.2. The third-order valence-electron chi connectivity index (χ3n) is 6.07. The molecule has 2 aliphatic heterocycles. The number of phenolic OH excluding ortho intramolecular Hbond substituents is 1. The number of thioether (sulfide) groups is 1. The van der Waals surface area contributed by atoms with Crippen LogP contribution in [0.15, 0.2) is 92.0 Å². The second kappa shape index (κ2) is 10.6. The summed E-state index contributed by atoms with van der Waals surface area (Å²) in [7, 11) is 0. The molecule has 1 nitrogen and oxygen atoms in total. The first-order valence-electron chi connectivity index (χ1n) is 11.0. The lowest BCUT2D eigenvalue weighted by atomic mass is 9.81.